The molecule has 2 aromatic rings. The van der Waals surface area contributed by atoms with Gasteiger partial charge in [0, 0.05) is 12.0 Å². The van der Waals surface area contributed by atoms with E-state index in [0.717, 1.165) is 43.2 Å². The van der Waals surface area contributed by atoms with Crippen LogP contribution in [0, 0.1) is 0 Å². The number of Topliss-reactive ketones (excluding diaryl/α,β-unsaturated/α-hetero) is 1. The number of hydrogen-bond donors (Lipinski definition) is 1. The Balaban J connectivity index is 1.93. The largest absolute Gasteiger partial charge is 0.330 e. The number of carbonyl (C=O) groups is 1. The Morgan fingerprint density at radius 1 is 0.895 bits per heavy atom. The third-order valence-corrected chi connectivity index (χ3v) is 3.43. The highest BCUT2D eigenvalue weighted by Gasteiger charge is 2.06. The standard InChI is InChI=1S/C17H21NO/c18-12-6-2-1-3-9-17(19)16-11-10-14-7-4-5-8-15(14)13-16/h4-5,7-8,10-11,13H,1-3,6,9,12,18H2. The predicted molar refractivity (Wildman–Crippen MR) is 80.4 cm³/mol. The summed E-state index contributed by atoms with van der Waals surface area (Å²) in [5, 5.41) is 2.32. The fourth-order valence-corrected chi connectivity index (χ4v) is 2.29. The lowest BCUT2D eigenvalue weighted by molar-refractivity contribution is 0.0979. The van der Waals surface area contributed by atoms with Crippen LogP contribution in [-0.4, -0.2) is 12.3 Å². The Bertz CT molecular complexity index is 548. The fraction of sp³-hybridized carbons (Fsp3) is 0.353. The lowest BCUT2D eigenvalue weighted by Gasteiger charge is -2.03. The van der Waals surface area contributed by atoms with E-state index in [4.69, 9.17) is 5.73 Å². The number of hydrogen-bond acceptors (Lipinski definition) is 2. The van der Waals surface area contributed by atoms with Crippen molar-refractivity contribution in [2.24, 2.45) is 5.73 Å². The number of unbranched alkanes of at least 4 members (excludes halogenated alkanes) is 3. The first kappa shape index (κ1) is 13.8. The summed E-state index contributed by atoms with van der Waals surface area (Å²) in [6.45, 7) is 0.749. The van der Waals surface area contributed by atoms with Gasteiger partial charge in [-0.25, -0.2) is 0 Å². The van der Waals surface area contributed by atoms with E-state index in [1.54, 1.807) is 0 Å². The quantitative estimate of drug-likeness (QED) is 0.601. The van der Waals surface area contributed by atoms with Crippen molar-refractivity contribution in [1.29, 1.82) is 0 Å². The first-order valence-electron chi connectivity index (χ1n) is 7.03. The van der Waals surface area contributed by atoms with Crippen LogP contribution in [0.4, 0.5) is 0 Å². The van der Waals surface area contributed by atoms with E-state index in [2.05, 4.69) is 6.07 Å². The zero-order chi connectivity index (χ0) is 13.5. The molecule has 0 radical (unpaired) electrons. The van der Waals surface area contributed by atoms with Gasteiger partial charge in [-0.1, -0.05) is 49.2 Å². The molecule has 2 rings (SSSR count). The van der Waals surface area contributed by atoms with Gasteiger partial charge in [-0.05, 0) is 36.2 Å². The van der Waals surface area contributed by atoms with Gasteiger partial charge in [-0.15, -0.1) is 0 Å². The molecular weight excluding hydrogens is 234 g/mol. The van der Waals surface area contributed by atoms with Crippen molar-refractivity contribution in [3.63, 3.8) is 0 Å². The molecule has 100 valence electrons. The van der Waals surface area contributed by atoms with Crippen molar-refractivity contribution in [1.82, 2.24) is 0 Å². The van der Waals surface area contributed by atoms with Gasteiger partial charge in [0.1, 0.15) is 0 Å². The van der Waals surface area contributed by atoms with Crippen LogP contribution in [0.3, 0.4) is 0 Å². The first-order valence-corrected chi connectivity index (χ1v) is 7.03. The zero-order valence-electron chi connectivity index (χ0n) is 11.3. The molecule has 0 amide bonds. The Morgan fingerprint density at radius 2 is 1.63 bits per heavy atom. The third kappa shape index (κ3) is 3.90. The molecule has 19 heavy (non-hydrogen) atoms. The average Bonchev–Trinajstić information content (AvgIpc) is 2.46. The van der Waals surface area contributed by atoms with Gasteiger partial charge >= 0.3 is 0 Å². The number of ketones is 1. The molecule has 2 heteroatoms. The molecule has 0 aliphatic heterocycles. The lowest BCUT2D eigenvalue weighted by atomic mass is 10.0. The minimum absolute atomic E-state index is 0.249. The summed E-state index contributed by atoms with van der Waals surface area (Å²) in [5.74, 6) is 0.249. The molecule has 2 aromatic carbocycles. The Kier molecular flexibility index (Phi) is 5.10. The number of carbonyl (C=O) groups excluding carboxylic acids is 1. The minimum atomic E-state index is 0.249. The van der Waals surface area contributed by atoms with E-state index >= 15 is 0 Å². The molecule has 0 atom stereocenters. The van der Waals surface area contributed by atoms with Crippen LogP contribution in [0.2, 0.25) is 0 Å². The Hall–Kier alpha value is -1.67. The topological polar surface area (TPSA) is 43.1 Å². The van der Waals surface area contributed by atoms with E-state index in [1.165, 1.54) is 5.39 Å². The predicted octanol–water partition coefficient (Wildman–Crippen LogP) is 3.93. The molecule has 0 saturated carbocycles. The van der Waals surface area contributed by atoms with Crippen LogP contribution in [0.25, 0.3) is 10.8 Å². The second-order valence-electron chi connectivity index (χ2n) is 4.94. The van der Waals surface area contributed by atoms with Crippen molar-refractivity contribution in [3.8, 4) is 0 Å². The molecule has 0 aliphatic carbocycles. The summed E-state index contributed by atoms with van der Waals surface area (Å²) < 4.78 is 0. The maximum Gasteiger partial charge on any atom is 0.162 e. The van der Waals surface area contributed by atoms with Crippen molar-refractivity contribution in [3.05, 3.63) is 48.0 Å². The second kappa shape index (κ2) is 7.05. The molecule has 0 aliphatic rings. The van der Waals surface area contributed by atoms with Crippen LogP contribution in [0.5, 0.6) is 0 Å². The van der Waals surface area contributed by atoms with Gasteiger partial charge in [-0.2, -0.15) is 0 Å². The summed E-state index contributed by atoms with van der Waals surface area (Å²) in [7, 11) is 0. The van der Waals surface area contributed by atoms with Crippen LogP contribution in [-0.2, 0) is 0 Å². The molecule has 0 saturated heterocycles. The normalized spacial score (nSPS) is 10.8. The number of rotatable bonds is 7. The minimum Gasteiger partial charge on any atom is -0.330 e. The summed E-state index contributed by atoms with van der Waals surface area (Å²) in [6, 6.07) is 14.1. The number of fused-ring (bicyclic) bond motifs is 1. The molecule has 0 aromatic heterocycles. The molecule has 0 bridgehead atoms. The SMILES string of the molecule is NCCCCCCC(=O)c1ccc2ccccc2c1. The maximum absolute atomic E-state index is 12.1. The smallest absolute Gasteiger partial charge is 0.162 e. The van der Waals surface area contributed by atoms with Gasteiger partial charge in [0.2, 0.25) is 0 Å². The fourth-order valence-electron chi connectivity index (χ4n) is 2.29. The summed E-state index contributed by atoms with van der Waals surface area (Å²) in [6.07, 6.45) is 4.89. The lowest BCUT2D eigenvalue weighted by Crippen LogP contribution is -2.00. The van der Waals surface area contributed by atoms with E-state index in [-0.39, 0.29) is 5.78 Å². The molecule has 0 spiro atoms. The van der Waals surface area contributed by atoms with Crippen molar-refractivity contribution < 1.29 is 4.79 Å². The number of nitrogens with two attached hydrogens (primary N) is 1. The van der Waals surface area contributed by atoms with Crippen molar-refractivity contribution >= 4 is 16.6 Å². The highest BCUT2D eigenvalue weighted by Crippen LogP contribution is 2.17. The summed E-state index contributed by atoms with van der Waals surface area (Å²) in [4.78, 5) is 12.1. The average molecular weight is 255 g/mol. The van der Waals surface area contributed by atoms with Crippen LogP contribution >= 0.6 is 0 Å². The molecule has 0 unspecified atom stereocenters. The van der Waals surface area contributed by atoms with E-state index < -0.39 is 0 Å². The molecule has 2 N–H and O–H groups in total. The maximum atomic E-state index is 12.1. The molecular formula is C17H21NO. The molecule has 2 nitrogen and oxygen atoms in total. The highest BCUT2D eigenvalue weighted by molar-refractivity contribution is 5.99. The van der Waals surface area contributed by atoms with E-state index in [0.29, 0.717) is 6.42 Å². The van der Waals surface area contributed by atoms with Gasteiger partial charge in [0.05, 0.1) is 0 Å². The zero-order valence-corrected chi connectivity index (χ0v) is 11.3. The summed E-state index contributed by atoms with van der Waals surface area (Å²) in [5.41, 5.74) is 6.28. The van der Waals surface area contributed by atoms with Crippen LogP contribution in [0.1, 0.15) is 42.5 Å². The van der Waals surface area contributed by atoms with Crippen molar-refractivity contribution in [2.75, 3.05) is 6.54 Å². The van der Waals surface area contributed by atoms with Crippen molar-refractivity contribution in [2.45, 2.75) is 32.1 Å². The Labute approximate surface area is 114 Å². The third-order valence-electron chi connectivity index (χ3n) is 3.43. The molecule has 0 heterocycles. The highest BCUT2D eigenvalue weighted by atomic mass is 16.1. The van der Waals surface area contributed by atoms with Gasteiger partial charge < -0.3 is 5.73 Å². The monoisotopic (exact) mass is 255 g/mol. The van der Waals surface area contributed by atoms with Crippen LogP contribution in [0.15, 0.2) is 42.5 Å². The molecule has 0 fully saturated rings. The van der Waals surface area contributed by atoms with E-state index in [1.807, 2.05) is 36.4 Å². The first-order chi connectivity index (χ1) is 9.31. The number of benzene rings is 2. The summed E-state index contributed by atoms with van der Waals surface area (Å²) >= 11 is 0. The second-order valence-corrected chi connectivity index (χ2v) is 4.94. The van der Waals surface area contributed by atoms with Gasteiger partial charge in [0.25, 0.3) is 0 Å². The Morgan fingerprint density at radius 3 is 2.42 bits per heavy atom. The van der Waals surface area contributed by atoms with Gasteiger partial charge in [-0.3, -0.25) is 4.79 Å². The van der Waals surface area contributed by atoms with Gasteiger partial charge in [0.15, 0.2) is 5.78 Å². The van der Waals surface area contributed by atoms with Crippen LogP contribution < -0.4 is 5.73 Å². The van der Waals surface area contributed by atoms with E-state index in [9.17, 15) is 4.79 Å².